The van der Waals surface area contributed by atoms with Gasteiger partial charge in [0.25, 0.3) is 0 Å². The lowest BCUT2D eigenvalue weighted by molar-refractivity contribution is 1.07. The number of para-hydroxylation sites is 2. The van der Waals surface area contributed by atoms with Gasteiger partial charge >= 0.3 is 0 Å². The van der Waals surface area contributed by atoms with E-state index >= 15 is 0 Å². The summed E-state index contributed by atoms with van der Waals surface area (Å²) in [5.41, 5.74) is 9.84. The van der Waals surface area contributed by atoms with Gasteiger partial charge < -0.3 is 9.13 Å². The van der Waals surface area contributed by atoms with Gasteiger partial charge in [0.15, 0.2) is 17.5 Å². The van der Waals surface area contributed by atoms with Crippen molar-refractivity contribution in [3.8, 4) is 45.5 Å². The van der Waals surface area contributed by atoms with E-state index in [0.717, 1.165) is 38.8 Å². The quantitative estimate of drug-likeness (QED) is 0.177. The molecule has 0 fully saturated rings. The van der Waals surface area contributed by atoms with E-state index in [-0.39, 0.29) is 0 Å². The molecule has 0 bridgehead atoms. The lowest BCUT2D eigenvalue weighted by atomic mass is 10.0. The first-order valence-corrected chi connectivity index (χ1v) is 19.6. The molecule has 0 amide bonds. The van der Waals surface area contributed by atoms with Gasteiger partial charge in [-0.2, -0.15) is 0 Å². The normalized spacial score (nSPS) is 11.8. The zero-order valence-electron chi connectivity index (χ0n) is 31.3. The summed E-state index contributed by atoms with van der Waals surface area (Å²) in [6.07, 6.45) is 0. The third-order valence-corrected chi connectivity index (χ3v) is 11.5. The number of hydrogen-bond donors (Lipinski definition) is 0. The summed E-state index contributed by atoms with van der Waals surface area (Å²) >= 11 is 0. The lowest BCUT2D eigenvalue weighted by Gasteiger charge is -2.13. The average Bonchev–Trinajstić information content (AvgIpc) is 3.82. The standard InChI is InChI=1S/C53H33N5/c1-4-16-35(17-5-1)51-54-52(36-18-6-2-7-19-36)56-53(55-51)38-27-29-40-37(33-38)20-14-26-43(40)58-44-25-13-12-24-42(44)49-46(58)31-32-47-50(49)48-41-23-11-10-15-34(41)28-30-45(48)57(47)39-21-8-3-9-22-39/h1-33H. The second-order valence-electron chi connectivity index (χ2n) is 14.8. The molecule has 5 nitrogen and oxygen atoms in total. The first-order valence-electron chi connectivity index (χ1n) is 19.6. The molecular weight excluding hydrogens is 707 g/mol. The Morgan fingerprint density at radius 3 is 1.55 bits per heavy atom. The van der Waals surface area contributed by atoms with E-state index in [0.29, 0.717) is 17.5 Å². The lowest BCUT2D eigenvalue weighted by Crippen LogP contribution is -2.00. The summed E-state index contributed by atoms with van der Waals surface area (Å²) in [4.78, 5) is 15.0. The predicted molar refractivity (Wildman–Crippen MR) is 240 cm³/mol. The molecule has 0 aliphatic rings. The molecule has 270 valence electrons. The van der Waals surface area contributed by atoms with Crippen molar-refractivity contribution >= 4 is 65.2 Å². The van der Waals surface area contributed by atoms with E-state index < -0.39 is 0 Å². The number of hydrogen-bond acceptors (Lipinski definition) is 3. The molecule has 0 radical (unpaired) electrons. The van der Waals surface area contributed by atoms with Crippen LogP contribution in [0.5, 0.6) is 0 Å². The zero-order chi connectivity index (χ0) is 38.2. The van der Waals surface area contributed by atoms with E-state index in [1.165, 1.54) is 54.4 Å². The highest BCUT2D eigenvalue weighted by molar-refractivity contribution is 6.33. The molecular formula is C53H33N5. The molecule has 0 N–H and O–H groups in total. The van der Waals surface area contributed by atoms with Crippen LogP contribution in [0.3, 0.4) is 0 Å². The van der Waals surface area contributed by atoms with Gasteiger partial charge in [-0.25, -0.2) is 15.0 Å². The van der Waals surface area contributed by atoms with Crippen molar-refractivity contribution in [2.45, 2.75) is 0 Å². The maximum atomic E-state index is 5.03. The van der Waals surface area contributed by atoms with Gasteiger partial charge in [0.1, 0.15) is 0 Å². The predicted octanol–water partition coefficient (Wildman–Crippen LogP) is 13.4. The van der Waals surface area contributed by atoms with Crippen molar-refractivity contribution in [2.75, 3.05) is 0 Å². The highest BCUT2D eigenvalue weighted by Crippen LogP contribution is 2.45. The Balaban J connectivity index is 1.11. The van der Waals surface area contributed by atoms with Crippen molar-refractivity contribution in [3.63, 3.8) is 0 Å². The van der Waals surface area contributed by atoms with E-state index in [1.807, 2.05) is 60.7 Å². The smallest absolute Gasteiger partial charge is 0.164 e. The Morgan fingerprint density at radius 2 is 0.828 bits per heavy atom. The third-order valence-electron chi connectivity index (χ3n) is 11.5. The maximum absolute atomic E-state index is 5.03. The largest absolute Gasteiger partial charge is 0.309 e. The summed E-state index contributed by atoms with van der Waals surface area (Å²) in [6.45, 7) is 0. The Morgan fingerprint density at radius 1 is 0.293 bits per heavy atom. The molecule has 12 rings (SSSR count). The molecule has 3 aromatic heterocycles. The van der Waals surface area contributed by atoms with Crippen LogP contribution in [0, 0.1) is 0 Å². The first kappa shape index (κ1) is 32.4. The SMILES string of the molecule is c1ccc(-c2nc(-c3ccccc3)nc(-c3ccc4c(-n5c6ccccc6c6c7c8c9ccccc9ccc8n(-c8ccccc8)c7ccc65)cccc4c3)n2)cc1. The number of aromatic nitrogens is 5. The highest BCUT2D eigenvalue weighted by Gasteiger charge is 2.22. The average molecular weight is 740 g/mol. The molecule has 58 heavy (non-hydrogen) atoms. The van der Waals surface area contributed by atoms with Gasteiger partial charge in [0, 0.05) is 49.3 Å². The van der Waals surface area contributed by atoms with Crippen molar-refractivity contribution in [1.29, 1.82) is 0 Å². The van der Waals surface area contributed by atoms with Crippen molar-refractivity contribution in [3.05, 3.63) is 200 Å². The van der Waals surface area contributed by atoms with Gasteiger partial charge in [-0.15, -0.1) is 0 Å². The Hall–Kier alpha value is -7.89. The molecule has 12 aromatic rings. The van der Waals surface area contributed by atoms with E-state index in [2.05, 4.69) is 149 Å². The topological polar surface area (TPSA) is 48.5 Å². The van der Waals surface area contributed by atoms with Crippen LogP contribution in [-0.2, 0) is 0 Å². The van der Waals surface area contributed by atoms with Crippen LogP contribution in [0.25, 0.3) is 111 Å². The van der Waals surface area contributed by atoms with Crippen molar-refractivity contribution < 1.29 is 0 Å². The molecule has 5 heteroatoms. The monoisotopic (exact) mass is 739 g/mol. The highest BCUT2D eigenvalue weighted by atomic mass is 15.0. The van der Waals surface area contributed by atoms with Crippen LogP contribution in [0.4, 0.5) is 0 Å². The van der Waals surface area contributed by atoms with Crippen LogP contribution in [0.2, 0.25) is 0 Å². The Labute approximate surface area is 333 Å². The van der Waals surface area contributed by atoms with Crippen LogP contribution in [-0.4, -0.2) is 24.1 Å². The number of rotatable bonds is 5. The van der Waals surface area contributed by atoms with Gasteiger partial charge in [-0.05, 0) is 64.7 Å². The first-order chi connectivity index (χ1) is 28.8. The van der Waals surface area contributed by atoms with Gasteiger partial charge in [0.2, 0.25) is 0 Å². The molecule has 0 aliphatic carbocycles. The summed E-state index contributed by atoms with van der Waals surface area (Å²) in [5.74, 6) is 1.94. The summed E-state index contributed by atoms with van der Waals surface area (Å²) < 4.78 is 4.88. The Bertz CT molecular complexity index is 3490. The molecule has 3 heterocycles. The van der Waals surface area contributed by atoms with Crippen LogP contribution in [0.1, 0.15) is 0 Å². The zero-order valence-corrected chi connectivity index (χ0v) is 31.3. The second kappa shape index (κ2) is 12.8. The van der Waals surface area contributed by atoms with Gasteiger partial charge in [-0.1, -0.05) is 152 Å². The van der Waals surface area contributed by atoms with Crippen LogP contribution in [0.15, 0.2) is 200 Å². The fourth-order valence-corrected chi connectivity index (χ4v) is 8.98. The van der Waals surface area contributed by atoms with Crippen LogP contribution < -0.4 is 0 Å². The number of fused-ring (bicyclic) bond motifs is 10. The minimum absolute atomic E-state index is 0.640. The minimum atomic E-state index is 0.640. The second-order valence-corrected chi connectivity index (χ2v) is 14.8. The maximum Gasteiger partial charge on any atom is 0.164 e. The number of nitrogens with zero attached hydrogens (tertiary/aromatic N) is 5. The fraction of sp³-hybridized carbons (Fsp3) is 0. The van der Waals surface area contributed by atoms with Crippen molar-refractivity contribution in [1.82, 2.24) is 24.1 Å². The van der Waals surface area contributed by atoms with Gasteiger partial charge in [0.05, 0.1) is 27.8 Å². The summed E-state index contributed by atoms with van der Waals surface area (Å²) in [6, 6.07) is 70.9. The molecule has 0 aliphatic heterocycles. The molecule has 0 unspecified atom stereocenters. The van der Waals surface area contributed by atoms with Gasteiger partial charge in [-0.3, -0.25) is 0 Å². The molecule has 0 saturated carbocycles. The summed E-state index contributed by atoms with van der Waals surface area (Å²) in [5, 5.41) is 9.76. The van der Waals surface area contributed by atoms with E-state index in [9.17, 15) is 0 Å². The Kier molecular flexibility index (Phi) is 7.16. The third kappa shape index (κ3) is 4.93. The number of benzene rings is 9. The molecule has 0 spiro atoms. The fourth-order valence-electron chi connectivity index (χ4n) is 8.98. The molecule has 0 saturated heterocycles. The van der Waals surface area contributed by atoms with Crippen LogP contribution >= 0.6 is 0 Å². The van der Waals surface area contributed by atoms with E-state index in [1.54, 1.807) is 0 Å². The molecule has 9 aromatic carbocycles. The minimum Gasteiger partial charge on any atom is -0.309 e. The van der Waals surface area contributed by atoms with Crippen molar-refractivity contribution in [2.24, 2.45) is 0 Å². The molecule has 0 atom stereocenters. The van der Waals surface area contributed by atoms with E-state index in [4.69, 9.17) is 15.0 Å². The summed E-state index contributed by atoms with van der Waals surface area (Å²) in [7, 11) is 0.